The van der Waals surface area contributed by atoms with Crippen LogP contribution in [0.5, 0.6) is 0 Å². The fraction of sp³-hybridized carbons (Fsp3) is 0.273. The zero-order valence-corrected chi connectivity index (χ0v) is 10.1. The van der Waals surface area contributed by atoms with E-state index in [9.17, 15) is 0 Å². The van der Waals surface area contributed by atoms with Gasteiger partial charge in [0.25, 0.3) is 0 Å². The van der Waals surface area contributed by atoms with Crippen molar-refractivity contribution in [2.45, 2.75) is 19.2 Å². The van der Waals surface area contributed by atoms with Crippen molar-refractivity contribution in [1.82, 2.24) is 10.2 Å². The molecule has 0 aliphatic rings. The summed E-state index contributed by atoms with van der Waals surface area (Å²) in [4.78, 5) is 0. The molecule has 2 aromatic rings. The zero-order chi connectivity index (χ0) is 10.8. The first kappa shape index (κ1) is 10.6. The Hall–Kier alpha value is -0.930. The SMILES string of the molecule is Cc1ccc(-c2nnc(C(C)Cl)s2)cc1. The first-order valence-corrected chi connectivity index (χ1v) is 5.96. The molecule has 0 radical (unpaired) electrons. The molecule has 0 saturated heterocycles. The lowest BCUT2D eigenvalue weighted by Crippen LogP contribution is -1.80. The molecule has 1 atom stereocenters. The quantitative estimate of drug-likeness (QED) is 0.744. The van der Waals surface area contributed by atoms with Gasteiger partial charge in [0, 0.05) is 5.56 Å². The summed E-state index contributed by atoms with van der Waals surface area (Å²) in [5, 5.41) is 9.90. The van der Waals surface area contributed by atoms with Crippen molar-refractivity contribution < 1.29 is 0 Å². The molecule has 0 spiro atoms. The summed E-state index contributed by atoms with van der Waals surface area (Å²) in [5.74, 6) is 0. The molecule has 15 heavy (non-hydrogen) atoms. The van der Waals surface area contributed by atoms with Crippen LogP contribution >= 0.6 is 22.9 Å². The van der Waals surface area contributed by atoms with E-state index < -0.39 is 0 Å². The predicted molar refractivity (Wildman–Crippen MR) is 64.4 cm³/mol. The van der Waals surface area contributed by atoms with Gasteiger partial charge < -0.3 is 0 Å². The number of rotatable bonds is 2. The lowest BCUT2D eigenvalue weighted by Gasteiger charge is -1.95. The largest absolute Gasteiger partial charge is 0.147 e. The number of aryl methyl sites for hydroxylation is 1. The van der Waals surface area contributed by atoms with Gasteiger partial charge in [-0.15, -0.1) is 21.8 Å². The van der Waals surface area contributed by atoms with E-state index >= 15 is 0 Å². The number of hydrogen-bond acceptors (Lipinski definition) is 3. The smallest absolute Gasteiger partial charge is 0.142 e. The number of benzene rings is 1. The summed E-state index contributed by atoms with van der Waals surface area (Å²) in [6.45, 7) is 3.97. The number of halogens is 1. The van der Waals surface area contributed by atoms with E-state index in [0.29, 0.717) is 0 Å². The summed E-state index contributed by atoms with van der Waals surface area (Å²) in [6, 6.07) is 8.25. The molecule has 1 aromatic heterocycles. The molecule has 2 nitrogen and oxygen atoms in total. The molecule has 0 saturated carbocycles. The Morgan fingerprint density at radius 2 is 1.87 bits per heavy atom. The summed E-state index contributed by atoms with van der Waals surface area (Å²) >= 11 is 7.48. The van der Waals surface area contributed by atoms with Crippen LogP contribution < -0.4 is 0 Å². The molecule has 0 aliphatic heterocycles. The Morgan fingerprint density at radius 1 is 1.20 bits per heavy atom. The van der Waals surface area contributed by atoms with Gasteiger partial charge in [-0.05, 0) is 13.8 Å². The minimum absolute atomic E-state index is 0.0679. The second kappa shape index (κ2) is 4.29. The lowest BCUT2D eigenvalue weighted by atomic mass is 10.2. The van der Waals surface area contributed by atoms with E-state index in [0.717, 1.165) is 15.6 Å². The molecule has 2 rings (SSSR count). The lowest BCUT2D eigenvalue weighted by molar-refractivity contribution is 0.962. The third-order valence-electron chi connectivity index (χ3n) is 2.08. The highest BCUT2D eigenvalue weighted by Gasteiger charge is 2.10. The third kappa shape index (κ3) is 2.36. The minimum atomic E-state index is -0.0679. The average Bonchev–Trinajstić information content (AvgIpc) is 2.68. The normalized spacial score (nSPS) is 12.7. The summed E-state index contributed by atoms with van der Waals surface area (Å²) in [5.41, 5.74) is 2.34. The van der Waals surface area contributed by atoms with E-state index in [-0.39, 0.29) is 5.38 Å². The maximum Gasteiger partial charge on any atom is 0.147 e. The van der Waals surface area contributed by atoms with Crippen LogP contribution in [-0.4, -0.2) is 10.2 Å². The molecule has 78 valence electrons. The fourth-order valence-corrected chi connectivity index (χ4v) is 2.16. The minimum Gasteiger partial charge on any atom is -0.142 e. The maximum absolute atomic E-state index is 5.94. The van der Waals surface area contributed by atoms with Crippen LogP contribution in [0.2, 0.25) is 0 Å². The van der Waals surface area contributed by atoms with Crippen LogP contribution in [0.25, 0.3) is 10.6 Å². The van der Waals surface area contributed by atoms with Crippen LogP contribution in [0, 0.1) is 6.92 Å². The molecule has 4 heteroatoms. The highest BCUT2D eigenvalue weighted by Crippen LogP contribution is 2.29. The molecule has 0 bridgehead atoms. The topological polar surface area (TPSA) is 25.8 Å². The molecular formula is C11H11ClN2S. The molecule has 1 aromatic carbocycles. The van der Waals surface area contributed by atoms with Crippen molar-refractivity contribution >= 4 is 22.9 Å². The summed E-state index contributed by atoms with van der Waals surface area (Å²) < 4.78 is 0. The first-order valence-electron chi connectivity index (χ1n) is 4.71. The third-order valence-corrected chi connectivity index (χ3v) is 3.57. The predicted octanol–water partition coefficient (Wildman–Crippen LogP) is 3.81. The molecule has 0 N–H and O–H groups in total. The molecule has 0 aliphatic carbocycles. The first-order chi connectivity index (χ1) is 7.16. The van der Waals surface area contributed by atoms with Crippen LogP contribution in [0.4, 0.5) is 0 Å². The average molecular weight is 239 g/mol. The fourth-order valence-electron chi connectivity index (χ4n) is 1.21. The van der Waals surface area contributed by atoms with Gasteiger partial charge in [-0.25, -0.2) is 0 Å². The van der Waals surface area contributed by atoms with E-state index in [4.69, 9.17) is 11.6 Å². The monoisotopic (exact) mass is 238 g/mol. The Kier molecular flexibility index (Phi) is 3.03. The van der Waals surface area contributed by atoms with Gasteiger partial charge in [-0.2, -0.15) is 0 Å². The molecule has 1 heterocycles. The highest BCUT2D eigenvalue weighted by atomic mass is 35.5. The van der Waals surface area contributed by atoms with Gasteiger partial charge in [0.1, 0.15) is 10.0 Å². The summed E-state index contributed by atoms with van der Waals surface area (Å²) in [6.07, 6.45) is 0. The van der Waals surface area contributed by atoms with Gasteiger partial charge >= 0.3 is 0 Å². The van der Waals surface area contributed by atoms with Gasteiger partial charge in [-0.3, -0.25) is 0 Å². The van der Waals surface area contributed by atoms with Gasteiger partial charge in [0.05, 0.1) is 5.38 Å². The standard InChI is InChI=1S/C11H11ClN2S/c1-7-3-5-9(6-4-7)11-14-13-10(15-11)8(2)12/h3-6,8H,1-2H3. The van der Waals surface area contributed by atoms with Gasteiger partial charge in [0.2, 0.25) is 0 Å². The van der Waals surface area contributed by atoms with E-state index in [2.05, 4.69) is 41.4 Å². The van der Waals surface area contributed by atoms with Crippen molar-refractivity contribution in [1.29, 1.82) is 0 Å². The Bertz CT molecular complexity index is 448. The molecule has 1 unspecified atom stereocenters. The molecule has 0 amide bonds. The van der Waals surface area contributed by atoms with Crippen LogP contribution in [0.3, 0.4) is 0 Å². The van der Waals surface area contributed by atoms with E-state index in [1.165, 1.54) is 5.56 Å². The zero-order valence-electron chi connectivity index (χ0n) is 8.57. The van der Waals surface area contributed by atoms with Gasteiger partial charge in [-0.1, -0.05) is 41.2 Å². The van der Waals surface area contributed by atoms with Crippen molar-refractivity contribution in [2.75, 3.05) is 0 Å². The number of aromatic nitrogens is 2. The molecule has 0 fully saturated rings. The van der Waals surface area contributed by atoms with Crippen molar-refractivity contribution in [2.24, 2.45) is 0 Å². The van der Waals surface area contributed by atoms with Crippen molar-refractivity contribution in [3.63, 3.8) is 0 Å². The van der Waals surface area contributed by atoms with Crippen LogP contribution in [0.15, 0.2) is 24.3 Å². The number of alkyl halides is 1. The van der Waals surface area contributed by atoms with Crippen molar-refractivity contribution in [3.8, 4) is 10.6 Å². The molecular weight excluding hydrogens is 228 g/mol. The Morgan fingerprint density at radius 3 is 2.40 bits per heavy atom. The van der Waals surface area contributed by atoms with E-state index in [1.807, 2.05) is 6.92 Å². The highest BCUT2D eigenvalue weighted by molar-refractivity contribution is 7.15. The second-order valence-electron chi connectivity index (χ2n) is 3.43. The van der Waals surface area contributed by atoms with Gasteiger partial charge in [0.15, 0.2) is 0 Å². The van der Waals surface area contributed by atoms with E-state index in [1.54, 1.807) is 11.3 Å². The Balaban J connectivity index is 2.33. The maximum atomic E-state index is 5.94. The second-order valence-corrected chi connectivity index (χ2v) is 5.09. The number of nitrogens with zero attached hydrogens (tertiary/aromatic N) is 2. The van der Waals surface area contributed by atoms with Crippen LogP contribution in [0.1, 0.15) is 22.9 Å². The summed E-state index contributed by atoms with van der Waals surface area (Å²) in [7, 11) is 0. The Labute approximate surface area is 97.9 Å². The number of hydrogen-bond donors (Lipinski definition) is 0. The van der Waals surface area contributed by atoms with Crippen molar-refractivity contribution in [3.05, 3.63) is 34.8 Å². The van der Waals surface area contributed by atoms with Crippen LogP contribution in [-0.2, 0) is 0 Å².